The molecular weight excluding hydrogens is 268 g/mol. The molecule has 6 nitrogen and oxygen atoms in total. The number of amidine groups is 1. The van der Waals surface area contributed by atoms with Crippen molar-refractivity contribution in [3.8, 4) is 0 Å². The van der Waals surface area contributed by atoms with Crippen LogP contribution in [0.2, 0.25) is 0 Å². The summed E-state index contributed by atoms with van der Waals surface area (Å²) in [5, 5.41) is 21.2. The van der Waals surface area contributed by atoms with Crippen LogP contribution in [0.25, 0.3) is 0 Å². The summed E-state index contributed by atoms with van der Waals surface area (Å²) in [6, 6.07) is 6.02. The first-order valence-corrected chi connectivity index (χ1v) is 7.32. The number of aliphatic hydroxyl groups excluding tert-OH is 1. The molecule has 0 saturated carbocycles. The van der Waals surface area contributed by atoms with Gasteiger partial charge < -0.3 is 20.9 Å². The van der Waals surface area contributed by atoms with Gasteiger partial charge in [0, 0.05) is 37.4 Å². The highest BCUT2D eigenvalue weighted by atomic mass is 16.4. The third kappa shape index (κ3) is 3.86. The zero-order valence-corrected chi connectivity index (χ0v) is 12.5. The van der Waals surface area contributed by atoms with Crippen molar-refractivity contribution in [3.63, 3.8) is 0 Å². The van der Waals surface area contributed by atoms with Gasteiger partial charge in [0.1, 0.15) is 0 Å². The standard InChI is InChI=1S/C15H24N4O2/c1-12-3-4-14(13(11-12)15(16)17-21)19-6-2-5-18(7-8-19)9-10-20/h3-4,11,20-21H,2,5-10H2,1H3,(H2,16,17). The van der Waals surface area contributed by atoms with Crippen LogP contribution in [-0.2, 0) is 0 Å². The van der Waals surface area contributed by atoms with Gasteiger partial charge in [-0.2, -0.15) is 0 Å². The van der Waals surface area contributed by atoms with Gasteiger partial charge >= 0.3 is 0 Å². The van der Waals surface area contributed by atoms with Gasteiger partial charge in [0.2, 0.25) is 0 Å². The highest BCUT2D eigenvalue weighted by Gasteiger charge is 2.18. The Labute approximate surface area is 125 Å². The number of rotatable bonds is 4. The lowest BCUT2D eigenvalue weighted by atomic mass is 10.1. The lowest BCUT2D eigenvalue weighted by molar-refractivity contribution is 0.204. The topological polar surface area (TPSA) is 85.3 Å². The van der Waals surface area contributed by atoms with Gasteiger partial charge in [-0.05, 0) is 32.0 Å². The van der Waals surface area contributed by atoms with E-state index in [0.717, 1.165) is 56.0 Å². The van der Waals surface area contributed by atoms with Crippen LogP contribution in [0.4, 0.5) is 5.69 Å². The fourth-order valence-corrected chi connectivity index (χ4v) is 2.76. The SMILES string of the molecule is Cc1ccc(N2CCCN(CCO)CC2)c(/C(N)=N/O)c1. The Kier molecular flexibility index (Phi) is 5.41. The number of benzene rings is 1. The van der Waals surface area contributed by atoms with Crippen LogP contribution in [0.1, 0.15) is 17.5 Å². The highest BCUT2D eigenvalue weighted by Crippen LogP contribution is 2.23. The Balaban J connectivity index is 2.21. The predicted octanol–water partition coefficient (Wildman–Crippen LogP) is 0.594. The van der Waals surface area contributed by atoms with Crippen LogP contribution in [0, 0.1) is 6.92 Å². The number of aryl methyl sites for hydroxylation is 1. The molecule has 0 unspecified atom stereocenters. The normalized spacial score (nSPS) is 17.8. The van der Waals surface area contributed by atoms with Crippen molar-refractivity contribution < 1.29 is 10.3 Å². The van der Waals surface area contributed by atoms with Crippen molar-refractivity contribution in [2.45, 2.75) is 13.3 Å². The first-order chi connectivity index (χ1) is 10.2. The summed E-state index contributed by atoms with van der Waals surface area (Å²) in [4.78, 5) is 4.53. The first-order valence-electron chi connectivity index (χ1n) is 7.32. The molecule has 2 rings (SSSR count). The smallest absolute Gasteiger partial charge is 0.172 e. The van der Waals surface area contributed by atoms with E-state index in [1.165, 1.54) is 0 Å². The van der Waals surface area contributed by atoms with Gasteiger partial charge in [-0.3, -0.25) is 4.90 Å². The number of nitrogens with two attached hydrogens (primary N) is 1. The highest BCUT2D eigenvalue weighted by molar-refractivity contribution is 6.02. The van der Waals surface area contributed by atoms with E-state index in [1.807, 2.05) is 25.1 Å². The van der Waals surface area contributed by atoms with Gasteiger partial charge in [0.25, 0.3) is 0 Å². The van der Waals surface area contributed by atoms with Gasteiger partial charge in [0.15, 0.2) is 5.84 Å². The van der Waals surface area contributed by atoms with Crippen molar-refractivity contribution in [1.29, 1.82) is 0 Å². The minimum absolute atomic E-state index is 0.144. The summed E-state index contributed by atoms with van der Waals surface area (Å²) in [6.45, 7) is 6.59. The molecule has 0 radical (unpaired) electrons. The number of β-amino-alcohol motifs (C(OH)–C–C–N with tert-alkyl or cyclic N) is 1. The van der Waals surface area contributed by atoms with Gasteiger partial charge in [-0.25, -0.2) is 0 Å². The molecular formula is C15H24N4O2. The van der Waals surface area contributed by atoms with Crippen molar-refractivity contribution in [1.82, 2.24) is 4.90 Å². The summed E-state index contributed by atoms with van der Waals surface area (Å²) in [5.41, 5.74) is 8.67. The first kappa shape index (κ1) is 15.6. The third-order valence-electron chi connectivity index (χ3n) is 3.88. The van der Waals surface area contributed by atoms with Crippen molar-refractivity contribution in [3.05, 3.63) is 29.3 Å². The maximum absolute atomic E-state index is 9.06. The van der Waals surface area contributed by atoms with Crippen LogP contribution in [0.15, 0.2) is 23.4 Å². The summed E-state index contributed by atoms with van der Waals surface area (Å²) in [6.07, 6.45) is 1.03. The molecule has 1 aromatic rings. The Morgan fingerprint density at radius 3 is 2.81 bits per heavy atom. The molecule has 1 aliphatic heterocycles. The van der Waals surface area contributed by atoms with E-state index in [0.29, 0.717) is 0 Å². The molecule has 21 heavy (non-hydrogen) atoms. The van der Waals surface area contributed by atoms with Crippen LogP contribution >= 0.6 is 0 Å². The lowest BCUT2D eigenvalue weighted by Crippen LogP contribution is -2.33. The molecule has 0 amide bonds. The van der Waals surface area contributed by atoms with E-state index in [2.05, 4.69) is 15.0 Å². The zero-order valence-electron chi connectivity index (χ0n) is 12.5. The van der Waals surface area contributed by atoms with E-state index < -0.39 is 0 Å². The average Bonchev–Trinajstić information content (AvgIpc) is 2.72. The number of oxime groups is 1. The Morgan fingerprint density at radius 2 is 2.10 bits per heavy atom. The second-order valence-electron chi connectivity index (χ2n) is 5.41. The second kappa shape index (κ2) is 7.28. The van der Waals surface area contributed by atoms with Crippen LogP contribution < -0.4 is 10.6 Å². The van der Waals surface area contributed by atoms with E-state index in [9.17, 15) is 0 Å². The summed E-state index contributed by atoms with van der Waals surface area (Å²) >= 11 is 0. The number of hydrogen-bond acceptors (Lipinski definition) is 5. The lowest BCUT2D eigenvalue weighted by Gasteiger charge is -2.26. The fourth-order valence-electron chi connectivity index (χ4n) is 2.76. The maximum atomic E-state index is 9.06. The Morgan fingerprint density at radius 1 is 1.29 bits per heavy atom. The number of anilines is 1. The molecule has 1 heterocycles. The van der Waals surface area contributed by atoms with Crippen LogP contribution in [0.5, 0.6) is 0 Å². The summed E-state index contributed by atoms with van der Waals surface area (Å²) in [5.74, 6) is 0.144. The van der Waals surface area contributed by atoms with Crippen molar-refractivity contribution >= 4 is 11.5 Å². The minimum Gasteiger partial charge on any atom is -0.409 e. The number of nitrogens with zero attached hydrogens (tertiary/aromatic N) is 3. The van der Waals surface area contributed by atoms with Crippen LogP contribution in [-0.4, -0.2) is 60.4 Å². The fraction of sp³-hybridized carbons (Fsp3) is 0.533. The summed E-state index contributed by atoms with van der Waals surface area (Å²) < 4.78 is 0. The third-order valence-corrected chi connectivity index (χ3v) is 3.88. The van der Waals surface area contributed by atoms with E-state index >= 15 is 0 Å². The maximum Gasteiger partial charge on any atom is 0.172 e. The zero-order chi connectivity index (χ0) is 15.2. The van der Waals surface area contributed by atoms with E-state index in [-0.39, 0.29) is 12.4 Å². The van der Waals surface area contributed by atoms with Gasteiger partial charge in [-0.1, -0.05) is 16.8 Å². The van der Waals surface area contributed by atoms with E-state index in [4.69, 9.17) is 16.0 Å². The molecule has 1 saturated heterocycles. The second-order valence-corrected chi connectivity index (χ2v) is 5.41. The molecule has 1 fully saturated rings. The van der Waals surface area contributed by atoms with Crippen molar-refractivity contribution in [2.75, 3.05) is 44.2 Å². The largest absolute Gasteiger partial charge is 0.409 e. The average molecular weight is 292 g/mol. The molecule has 1 aliphatic rings. The summed E-state index contributed by atoms with van der Waals surface area (Å²) in [7, 11) is 0. The molecule has 4 N–H and O–H groups in total. The van der Waals surface area contributed by atoms with Crippen molar-refractivity contribution in [2.24, 2.45) is 10.9 Å². The quantitative estimate of drug-likeness (QED) is 0.327. The molecule has 0 aliphatic carbocycles. The Hall–Kier alpha value is -1.79. The number of hydrogen-bond donors (Lipinski definition) is 3. The monoisotopic (exact) mass is 292 g/mol. The molecule has 6 heteroatoms. The molecule has 116 valence electrons. The number of aliphatic hydroxyl groups is 1. The molecule has 0 spiro atoms. The minimum atomic E-state index is 0.144. The Bertz CT molecular complexity index is 504. The molecule has 0 bridgehead atoms. The van der Waals surface area contributed by atoms with E-state index in [1.54, 1.807) is 0 Å². The molecule has 0 aromatic heterocycles. The molecule has 0 atom stereocenters. The van der Waals surface area contributed by atoms with Gasteiger partial charge in [-0.15, -0.1) is 0 Å². The predicted molar refractivity (Wildman–Crippen MR) is 84.0 cm³/mol. The van der Waals surface area contributed by atoms with Gasteiger partial charge in [0.05, 0.1) is 6.61 Å². The molecule has 1 aromatic carbocycles. The van der Waals surface area contributed by atoms with Crippen LogP contribution in [0.3, 0.4) is 0 Å².